The van der Waals surface area contributed by atoms with Crippen molar-refractivity contribution in [3.8, 4) is 0 Å². The van der Waals surface area contributed by atoms with Crippen molar-refractivity contribution in [3.63, 3.8) is 0 Å². The normalized spacial score (nSPS) is 13.0. The highest BCUT2D eigenvalue weighted by Crippen LogP contribution is 2.13. The molecular weight excluding hydrogens is 817 g/mol. The molecular formula is C60H98O6. The molecule has 66 heavy (non-hydrogen) atoms. The van der Waals surface area contributed by atoms with E-state index in [9.17, 15) is 14.4 Å². The molecule has 6 heteroatoms. The molecule has 0 saturated heterocycles. The molecule has 0 aromatic rings. The molecule has 0 rings (SSSR count). The van der Waals surface area contributed by atoms with Crippen molar-refractivity contribution < 1.29 is 28.6 Å². The molecule has 0 radical (unpaired) electrons. The minimum Gasteiger partial charge on any atom is -0.462 e. The van der Waals surface area contributed by atoms with Crippen molar-refractivity contribution in [2.75, 3.05) is 13.2 Å². The zero-order chi connectivity index (χ0) is 47.9. The first kappa shape index (κ1) is 62.1. The van der Waals surface area contributed by atoms with E-state index in [4.69, 9.17) is 14.2 Å². The lowest BCUT2D eigenvalue weighted by Gasteiger charge is -2.18. The van der Waals surface area contributed by atoms with Gasteiger partial charge in [-0.25, -0.2) is 0 Å². The Hall–Kier alpha value is -3.93. The molecule has 0 spiro atoms. The van der Waals surface area contributed by atoms with Crippen molar-refractivity contribution in [2.45, 2.75) is 239 Å². The zero-order valence-electron chi connectivity index (χ0n) is 42.7. The first-order valence-electron chi connectivity index (χ1n) is 26.9. The first-order valence-corrected chi connectivity index (χ1v) is 26.9. The Morgan fingerprint density at radius 3 is 1.00 bits per heavy atom. The number of hydrogen-bond acceptors (Lipinski definition) is 6. The smallest absolute Gasteiger partial charge is 0.306 e. The van der Waals surface area contributed by atoms with E-state index >= 15 is 0 Å². The Morgan fingerprint density at radius 1 is 0.318 bits per heavy atom. The number of carbonyl (C=O) groups is 3. The quantitative estimate of drug-likeness (QED) is 0.0262. The maximum absolute atomic E-state index is 12.8. The van der Waals surface area contributed by atoms with Crippen molar-refractivity contribution >= 4 is 17.9 Å². The van der Waals surface area contributed by atoms with Crippen LogP contribution in [0.5, 0.6) is 0 Å². The molecule has 0 aliphatic rings. The van der Waals surface area contributed by atoms with Crippen molar-refractivity contribution in [3.05, 3.63) is 109 Å². The third-order valence-electron chi connectivity index (χ3n) is 11.0. The summed E-state index contributed by atoms with van der Waals surface area (Å²) in [7, 11) is 0. The largest absolute Gasteiger partial charge is 0.462 e. The highest BCUT2D eigenvalue weighted by Gasteiger charge is 2.19. The molecule has 0 aromatic heterocycles. The fourth-order valence-corrected chi connectivity index (χ4v) is 7.03. The van der Waals surface area contributed by atoms with Gasteiger partial charge in [-0.05, 0) is 109 Å². The van der Waals surface area contributed by atoms with Gasteiger partial charge in [0.25, 0.3) is 0 Å². The SMILES string of the molecule is CC/C=C\C/C=C\C/C=C\C/C=C\C/C=C\CCC(=O)OC(COC(=O)CCCCCC/C=C\C/C=C\C/C=C\CC)COC(=O)CCCCCCC/C=C\CCCCCCCCCCC. The lowest BCUT2D eigenvalue weighted by molar-refractivity contribution is -0.166. The molecule has 6 nitrogen and oxygen atoms in total. The van der Waals surface area contributed by atoms with E-state index in [-0.39, 0.29) is 31.6 Å². The summed E-state index contributed by atoms with van der Waals surface area (Å²) in [6.45, 7) is 6.32. The van der Waals surface area contributed by atoms with Gasteiger partial charge in [-0.2, -0.15) is 0 Å². The molecule has 1 atom stereocenters. The van der Waals surface area contributed by atoms with Crippen LogP contribution >= 0.6 is 0 Å². The van der Waals surface area contributed by atoms with Gasteiger partial charge in [-0.15, -0.1) is 0 Å². The van der Waals surface area contributed by atoms with Crippen LogP contribution < -0.4 is 0 Å². The van der Waals surface area contributed by atoms with Gasteiger partial charge < -0.3 is 14.2 Å². The summed E-state index contributed by atoms with van der Waals surface area (Å²) < 4.78 is 16.7. The molecule has 0 bridgehead atoms. The summed E-state index contributed by atoms with van der Waals surface area (Å²) in [6.07, 6.45) is 72.3. The third kappa shape index (κ3) is 51.1. The molecule has 0 fully saturated rings. The fourth-order valence-electron chi connectivity index (χ4n) is 7.03. The van der Waals surface area contributed by atoms with E-state index in [1.807, 2.05) is 12.2 Å². The summed E-state index contributed by atoms with van der Waals surface area (Å²) in [5.41, 5.74) is 0. The standard InChI is InChI=1S/C60H98O6/c1-4-7-10-13-16-19-22-25-28-30-31-33-35-38-41-44-47-50-53-59(62)65-56-57(55-64-58(61)52-49-46-43-40-37-34-27-24-21-18-15-12-9-6-3)66-60(63)54-51-48-45-42-39-36-32-29-26-23-20-17-14-11-8-5-2/h8-9,11-12,17-18,20-21,26-27,29,31,33-34,36,39,45,48,57H,4-7,10,13-16,19,22-25,28,30,32,35,37-38,40-44,46-47,49-56H2,1-3H3/b11-8-,12-9-,20-17-,21-18-,29-26-,33-31-,34-27-,39-36-,48-45-. The van der Waals surface area contributed by atoms with Gasteiger partial charge in [0.15, 0.2) is 6.10 Å². The molecule has 374 valence electrons. The fraction of sp³-hybridized carbons (Fsp3) is 0.650. The van der Waals surface area contributed by atoms with Crippen LogP contribution in [-0.2, 0) is 28.6 Å². The van der Waals surface area contributed by atoms with Crippen LogP contribution in [0.15, 0.2) is 109 Å². The molecule has 0 heterocycles. The molecule has 0 aliphatic carbocycles. The van der Waals surface area contributed by atoms with E-state index in [1.54, 1.807) is 0 Å². The summed E-state index contributed by atoms with van der Waals surface area (Å²) >= 11 is 0. The van der Waals surface area contributed by atoms with E-state index in [1.165, 1.54) is 70.6 Å². The van der Waals surface area contributed by atoms with Gasteiger partial charge in [-0.3, -0.25) is 14.4 Å². The third-order valence-corrected chi connectivity index (χ3v) is 11.0. The minimum absolute atomic E-state index is 0.121. The van der Waals surface area contributed by atoms with E-state index < -0.39 is 12.1 Å². The number of carbonyl (C=O) groups excluding carboxylic acids is 3. The Morgan fingerprint density at radius 2 is 0.621 bits per heavy atom. The summed E-state index contributed by atoms with van der Waals surface area (Å²) in [4.78, 5) is 38.0. The predicted molar refractivity (Wildman–Crippen MR) is 283 cm³/mol. The Kier molecular flexibility index (Phi) is 50.5. The first-order chi connectivity index (χ1) is 32.5. The Balaban J connectivity index is 4.53. The maximum atomic E-state index is 12.8. The number of esters is 3. The van der Waals surface area contributed by atoms with Crippen molar-refractivity contribution in [1.29, 1.82) is 0 Å². The zero-order valence-corrected chi connectivity index (χ0v) is 42.7. The Labute approximate surface area is 406 Å². The second-order valence-corrected chi connectivity index (χ2v) is 17.4. The van der Waals surface area contributed by atoms with Crippen LogP contribution in [0.3, 0.4) is 0 Å². The maximum Gasteiger partial charge on any atom is 0.306 e. The predicted octanol–water partition coefficient (Wildman–Crippen LogP) is 17.9. The van der Waals surface area contributed by atoms with Gasteiger partial charge in [0.1, 0.15) is 13.2 Å². The second-order valence-electron chi connectivity index (χ2n) is 17.4. The van der Waals surface area contributed by atoms with Crippen molar-refractivity contribution in [1.82, 2.24) is 0 Å². The molecule has 0 N–H and O–H groups in total. The summed E-state index contributed by atoms with van der Waals surface area (Å²) in [5, 5.41) is 0. The van der Waals surface area contributed by atoms with Crippen LogP contribution in [-0.4, -0.2) is 37.2 Å². The number of unbranched alkanes of at least 4 members (excludes halogenated alkanes) is 18. The topological polar surface area (TPSA) is 78.9 Å². The van der Waals surface area contributed by atoms with Gasteiger partial charge in [0, 0.05) is 19.3 Å². The average molecular weight is 915 g/mol. The number of ether oxygens (including phenoxy) is 3. The monoisotopic (exact) mass is 915 g/mol. The number of hydrogen-bond donors (Lipinski definition) is 0. The van der Waals surface area contributed by atoms with Crippen LogP contribution in [0.2, 0.25) is 0 Å². The van der Waals surface area contributed by atoms with E-state index in [0.717, 1.165) is 116 Å². The van der Waals surface area contributed by atoms with E-state index in [0.29, 0.717) is 19.3 Å². The number of allylic oxidation sites excluding steroid dienone is 18. The van der Waals surface area contributed by atoms with Crippen LogP contribution in [0.1, 0.15) is 233 Å². The van der Waals surface area contributed by atoms with Crippen LogP contribution in [0, 0.1) is 0 Å². The van der Waals surface area contributed by atoms with Gasteiger partial charge in [0.05, 0.1) is 0 Å². The van der Waals surface area contributed by atoms with Gasteiger partial charge in [-0.1, -0.05) is 214 Å². The summed E-state index contributed by atoms with van der Waals surface area (Å²) in [6, 6.07) is 0. The average Bonchev–Trinajstić information content (AvgIpc) is 3.31. The van der Waals surface area contributed by atoms with Gasteiger partial charge in [0.2, 0.25) is 0 Å². The second kappa shape index (κ2) is 53.7. The lowest BCUT2D eigenvalue weighted by Crippen LogP contribution is -2.30. The van der Waals surface area contributed by atoms with E-state index in [2.05, 4.69) is 118 Å². The highest BCUT2D eigenvalue weighted by atomic mass is 16.6. The van der Waals surface area contributed by atoms with Crippen molar-refractivity contribution in [2.24, 2.45) is 0 Å². The molecule has 0 aromatic carbocycles. The molecule has 1 unspecified atom stereocenters. The van der Waals surface area contributed by atoms with Crippen LogP contribution in [0.25, 0.3) is 0 Å². The summed E-state index contributed by atoms with van der Waals surface area (Å²) in [5.74, 6) is -1.04. The minimum atomic E-state index is -0.832. The van der Waals surface area contributed by atoms with Gasteiger partial charge >= 0.3 is 17.9 Å². The molecule has 0 aliphatic heterocycles. The van der Waals surface area contributed by atoms with Crippen LogP contribution in [0.4, 0.5) is 0 Å². The number of rotatable bonds is 47. The highest BCUT2D eigenvalue weighted by molar-refractivity contribution is 5.71. The Bertz CT molecular complexity index is 1370. The molecule has 0 amide bonds. The molecule has 0 saturated carbocycles. The lowest BCUT2D eigenvalue weighted by atomic mass is 10.1.